The van der Waals surface area contributed by atoms with Crippen LogP contribution in [0.25, 0.3) is 0 Å². The van der Waals surface area contributed by atoms with Crippen molar-refractivity contribution in [3.05, 3.63) is 0 Å². The first kappa shape index (κ1) is 26.1. The van der Waals surface area contributed by atoms with Crippen LogP contribution in [0, 0.1) is 11.8 Å². The number of hydrogen-bond donors (Lipinski definition) is 2. The molecule has 2 fully saturated rings. The first-order valence-corrected chi connectivity index (χ1v) is 12.4. The standard InChI is InChI=1S/C21H42N4OS.HI/c1-6-27(26)19-9-7-8-18(14-19)24-21(22-5)23-15-20(16(2)3)25-12-10-17(4)11-13-25;/h16-20H,6-15H2,1-5H3,(H2,22,23,24);1H. The molecular formula is C21H43IN4OS. The summed E-state index contributed by atoms with van der Waals surface area (Å²) in [6.45, 7) is 12.4. The van der Waals surface area contributed by atoms with Gasteiger partial charge in [-0.25, -0.2) is 0 Å². The molecule has 0 amide bonds. The van der Waals surface area contributed by atoms with Gasteiger partial charge in [-0.15, -0.1) is 24.0 Å². The van der Waals surface area contributed by atoms with E-state index in [1.807, 2.05) is 14.0 Å². The smallest absolute Gasteiger partial charge is 0.191 e. The fraction of sp³-hybridized carbons (Fsp3) is 0.952. The number of halogens is 1. The van der Waals surface area contributed by atoms with Crippen LogP contribution in [0.4, 0.5) is 0 Å². The van der Waals surface area contributed by atoms with Crippen molar-refractivity contribution in [3.63, 3.8) is 0 Å². The van der Waals surface area contributed by atoms with Crippen molar-refractivity contribution in [2.45, 2.75) is 83.6 Å². The molecule has 4 atom stereocenters. The molecule has 1 saturated heterocycles. The summed E-state index contributed by atoms with van der Waals surface area (Å²) in [5.41, 5.74) is 0. The second-order valence-corrected chi connectivity index (χ2v) is 10.8. The zero-order chi connectivity index (χ0) is 19.8. The Bertz CT molecular complexity index is 495. The van der Waals surface area contributed by atoms with Gasteiger partial charge < -0.3 is 10.6 Å². The third-order valence-electron chi connectivity index (χ3n) is 6.38. The predicted molar refractivity (Wildman–Crippen MR) is 133 cm³/mol. The number of nitrogens with one attached hydrogen (secondary N) is 2. The summed E-state index contributed by atoms with van der Waals surface area (Å²) in [6, 6.07) is 0.932. The van der Waals surface area contributed by atoms with Gasteiger partial charge in [-0.3, -0.25) is 14.1 Å². The maximum absolute atomic E-state index is 12.2. The van der Waals surface area contributed by atoms with Crippen LogP contribution in [-0.2, 0) is 10.8 Å². The lowest BCUT2D eigenvalue weighted by Crippen LogP contribution is -2.53. The zero-order valence-electron chi connectivity index (χ0n) is 18.6. The van der Waals surface area contributed by atoms with E-state index < -0.39 is 10.8 Å². The van der Waals surface area contributed by atoms with Crippen LogP contribution >= 0.6 is 24.0 Å². The van der Waals surface area contributed by atoms with Crippen molar-refractivity contribution in [2.75, 3.05) is 32.4 Å². The molecule has 5 nitrogen and oxygen atoms in total. The number of piperidine rings is 1. The van der Waals surface area contributed by atoms with E-state index in [2.05, 4.69) is 41.3 Å². The van der Waals surface area contributed by atoms with Crippen LogP contribution in [0.1, 0.15) is 66.2 Å². The van der Waals surface area contributed by atoms with Crippen LogP contribution in [0.15, 0.2) is 4.99 Å². The Labute approximate surface area is 192 Å². The maximum Gasteiger partial charge on any atom is 0.191 e. The summed E-state index contributed by atoms with van der Waals surface area (Å²) in [4.78, 5) is 7.12. The molecule has 1 saturated carbocycles. The van der Waals surface area contributed by atoms with Crippen molar-refractivity contribution in [2.24, 2.45) is 16.8 Å². The van der Waals surface area contributed by atoms with Gasteiger partial charge in [0.15, 0.2) is 5.96 Å². The SMILES string of the molecule is CCS(=O)C1CCCC(NC(=NC)NCC(C(C)C)N2CCC(C)CC2)C1.I. The molecule has 1 aliphatic heterocycles. The zero-order valence-corrected chi connectivity index (χ0v) is 21.7. The van der Waals surface area contributed by atoms with Gasteiger partial charge in [0.2, 0.25) is 0 Å². The van der Waals surface area contributed by atoms with E-state index in [-0.39, 0.29) is 24.0 Å². The Morgan fingerprint density at radius 2 is 1.89 bits per heavy atom. The summed E-state index contributed by atoms with van der Waals surface area (Å²) in [6.07, 6.45) is 7.04. The van der Waals surface area contributed by atoms with Gasteiger partial charge in [0, 0.05) is 47.5 Å². The van der Waals surface area contributed by atoms with Gasteiger partial charge in [-0.2, -0.15) is 0 Å². The Morgan fingerprint density at radius 3 is 2.46 bits per heavy atom. The number of nitrogens with zero attached hydrogens (tertiary/aromatic N) is 2. The topological polar surface area (TPSA) is 56.7 Å². The second kappa shape index (κ2) is 13.4. The van der Waals surface area contributed by atoms with E-state index in [4.69, 9.17) is 0 Å². The Morgan fingerprint density at radius 1 is 1.21 bits per heavy atom. The molecule has 0 aromatic rings. The average molecular weight is 527 g/mol. The van der Waals surface area contributed by atoms with Crippen LogP contribution in [0.3, 0.4) is 0 Å². The van der Waals surface area contributed by atoms with E-state index >= 15 is 0 Å². The van der Waals surface area contributed by atoms with Gasteiger partial charge in [0.25, 0.3) is 0 Å². The fourth-order valence-corrected chi connectivity index (χ4v) is 5.83. The van der Waals surface area contributed by atoms with E-state index in [9.17, 15) is 4.21 Å². The monoisotopic (exact) mass is 526 g/mol. The molecule has 2 rings (SSSR count). The van der Waals surface area contributed by atoms with E-state index in [0.717, 1.165) is 49.9 Å². The summed E-state index contributed by atoms with van der Waals surface area (Å²) in [5, 5.41) is 7.54. The Balaban J connectivity index is 0.00000392. The van der Waals surface area contributed by atoms with Gasteiger partial charge >= 0.3 is 0 Å². The average Bonchev–Trinajstić information content (AvgIpc) is 2.67. The van der Waals surface area contributed by atoms with Crippen LogP contribution in [-0.4, -0.2) is 64.8 Å². The number of aliphatic imine (C=N–C) groups is 1. The van der Waals surface area contributed by atoms with Gasteiger partial charge in [0.1, 0.15) is 0 Å². The number of hydrogen-bond acceptors (Lipinski definition) is 3. The van der Waals surface area contributed by atoms with Crippen molar-refractivity contribution >= 4 is 40.7 Å². The van der Waals surface area contributed by atoms with Gasteiger partial charge in [0.05, 0.1) is 0 Å². The highest BCUT2D eigenvalue weighted by molar-refractivity contribution is 14.0. The van der Waals surface area contributed by atoms with Crippen LogP contribution in [0.5, 0.6) is 0 Å². The molecule has 2 N–H and O–H groups in total. The van der Waals surface area contributed by atoms with E-state index in [1.165, 1.54) is 25.9 Å². The molecule has 4 unspecified atom stereocenters. The van der Waals surface area contributed by atoms with Crippen molar-refractivity contribution in [1.29, 1.82) is 0 Å². The number of guanidine groups is 1. The Hall–Kier alpha value is 0.110. The minimum Gasteiger partial charge on any atom is -0.355 e. The lowest BCUT2D eigenvalue weighted by molar-refractivity contribution is 0.110. The molecule has 7 heteroatoms. The van der Waals surface area contributed by atoms with Crippen molar-refractivity contribution in [1.82, 2.24) is 15.5 Å². The number of likely N-dealkylation sites (tertiary alicyclic amines) is 1. The summed E-state index contributed by atoms with van der Waals surface area (Å²) >= 11 is 0. The molecule has 0 radical (unpaired) electrons. The van der Waals surface area contributed by atoms with E-state index in [0.29, 0.717) is 23.3 Å². The highest BCUT2D eigenvalue weighted by atomic mass is 127. The first-order valence-electron chi connectivity index (χ1n) is 11.0. The molecular weight excluding hydrogens is 483 g/mol. The number of rotatable bonds is 7. The maximum atomic E-state index is 12.2. The van der Waals surface area contributed by atoms with Crippen molar-refractivity contribution in [3.8, 4) is 0 Å². The van der Waals surface area contributed by atoms with Gasteiger partial charge in [-0.05, 0) is 57.0 Å². The fourth-order valence-electron chi connectivity index (χ4n) is 4.49. The van der Waals surface area contributed by atoms with E-state index in [1.54, 1.807) is 0 Å². The third kappa shape index (κ3) is 8.09. The molecule has 166 valence electrons. The lowest BCUT2D eigenvalue weighted by atomic mass is 9.94. The molecule has 2 aliphatic rings. The first-order chi connectivity index (χ1) is 12.9. The predicted octanol–water partition coefficient (Wildman–Crippen LogP) is 3.61. The van der Waals surface area contributed by atoms with Crippen LogP contribution in [0.2, 0.25) is 0 Å². The normalized spacial score (nSPS) is 27.1. The molecule has 1 aliphatic carbocycles. The minimum absolute atomic E-state index is 0. The minimum atomic E-state index is -0.682. The third-order valence-corrected chi connectivity index (χ3v) is 8.12. The molecule has 0 spiro atoms. The lowest BCUT2D eigenvalue weighted by Gasteiger charge is -2.39. The summed E-state index contributed by atoms with van der Waals surface area (Å²) in [5.74, 6) is 3.16. The quantitative estimate of drug-likeness (QED) is 0.303. The summed E-state index contributed by atoms with van der Waals surface area (Å²) in [7, 11) is 1.17. The second-order valence-electron chi connectivity index (χ2n) is 8.78. The van der Waals surface area contributed by atoms with Crippen LogP contribution < -0.4 is 10.6 Å². The molecule has 0 bridgehead atoms. The highest BCUT2D eigenvalue weighted by Gasteiger charge is 2.28. The molecule has 1 heterocycles. The molecule has 0 aromatic heterocycles. The summed E-state index contributed by atoms with van der Waals surface area (Å²) < 4.78 is 12.2. The molecule has 28 heavy (non-hydrogen) atoms. The highest BCUT2D eigenvalue weighted by Crippen LogP contribution is 2.23. The molecule has 0 aromatic carbocycles. The largest absolute Gasteiger partial charge is 0.355 e. The Kier molecular flexibility index (Phi) is 12.5. The van der Waals surface area contributed by atoms with Gasteiger partial charge in [-0.1, -0.05) is 34.1 Å². The van der Waals surface area contributed by atoms with Crippen molar-refractivity contribution < 1.29 is 4.21 Å².